The van der Waals surface area contributed by atoms with E-state index in [0.29, 0.717) is 13.0 Å². The van der Waals surface area contributed by atoms with Gasteiger partial charge in [0.2, 0.25) is 0 Å². The summed E-state index contributed by atoms with van der Waals surface area (Å²) in [4.78, 5) is 10.9. The normalized spacial score (nSPS) is 13.7. The minimum absolute atomic E-state index is 0.460. The molecule has 4 heteroatoms. The zero-order valence-electron chi connectivity index (χ0n) is 13.1. The van der Waals surface area contributed by atoms with Crippen LogP contribution in [0.25, 0.3) is 0 Å². The zero-order chi connectivity index (χ0) is 15.7. The van der Waals surface area contributed by atoms with Gasteiger partial charge in [0, 0.05) is 0 Å². The van der Waals surface area contributed by atoms with Crippen molar-refractivity contribution >= 4 is 5.97 Å². The first-order valence-corrected chi connectivity index (χ1v) is 7.69. The predicted octanol–water partition coefficient (Wildman–Crippen LogP) is 3.38. The summed E-state index contributed by atoms with van der Waals surface area (Å²) in [6.07, 6.45) is 5.53. The van der Waals surface area contributed by atoms with E-state index < -0.39 is 11.5 Å². The molecule has 0 bridgehead atoms. The van der Waals surface area contributed by atoms with Gasteiger partial charge in [-0.05, 0) is 56.7 Å². The molecule has 1 aromatic rings. The van der Waals surface area contributed by atoms with Crippen molar-refractivity contribution in [2.75, 3.05) is 6.61 Å². The van der Waals surface area contributed by atoms with Gasteiger partial charge in [0.15, 0.2) is 0 Å². The lowest BCUT2D eigenvalue weighted by Gasteiger charge is -2.18. The van der Waals surface area contributed by atoms with Gasteiger partial charge in [-0.2, -0.15) is 0 Å². The van der Waals surface area contributed by atoms with E-state index in [1.807, 2.05) is 12.1 Å². The van der Waals surface area contributed by atoms with Crippen LogP contribution in [0.1, 0.15) is 51.5 Å². The Morgan fingerprint density at radius 1 is 1.24 bits per heavy atom. The third-order valence-electron chi connectivity index (χ3n) is 3.59. The number of ether oxygens (including phenoxy) is 1. The second-order valence-electron chi connectivity index (χ2n) is 5.78. The SMILES string of the molecule is CCCCc1ccc(OCCCCC(C)(N)C(=O)O)cc1. The Morgan fingerprint density at radius 2 is 1.90 bits per heavy atom. The number of carboxylic acid groups (broad SMARTS) is 1. The molecule has 0 amide bonds. The number of hydrogen-bond donors (Lipinski definition) is 2. The van der Waals surface area contributed by atoms with Crippen molar-refractivity contribution in [1.29, 1.82) is 0 Å². The molecule has 4 nitrogen and oxygen atoms in total. The summed E-state index contributed by atoms with van der Waals surface area (Å²) in [5.74, 6) is -0.0879. The Balaban J connectivity index is 2.22. The first kappa shape index (κ1) is 17.5. The Hall–Kier alpha value is -1.55. The van der Waals surface area contributed by atoms with E-state index in [4.69, 9.17) is 15.6 Å². The molecule has 118 valence electrons. The van der Waals surface area contributed by atoms with Crippen LogP contribution in [0.15, 0.2) is 24.3 Å². The summed E-state index contributed by atoms with van der Waals surface area (Å²) in [5.41, 5.74) is 5.87. The number of benzene rings is 1. The Bertz CT molecular complexity index is 426. The van der Waals surface area contributed by atoms with Crippen LogP contribution in [-0.2, 0) is 11.2 Å². The highest BCUT2D eigenvalue weighted by molar-refractivity contribution is 5.77. The van der Waals surface area contributed by atoms with Gasteiger partial charge in [0.1, 0.15) is 11.3 Å². The molecule has 0 fully saturated rings. The Labute approximate surface area is 127 Å². The standard InChI is InChI=1S/C17H27NO3/c1-3-4-7-14-8-10-15(11-9-14)21-13-6-5-12-17(2,18)16(19)20/h8-11H,3-7,12-13,18H2,1-2H3,(H,19,20). The van der Waals surface area contributed by atoms with Gasteiger partial charge in [-0.15, -0.1) is 0 Å². The number of aryl methyl sites for hydroxylation is 1. The smallest absolute Gasteiger partial charge is 0.323 e. The number of unbranched alkanes of at least 4 members (excludes halogenated alkanes) is 2. The molecule has 1 atom stereocenters. The lowest BCUT2D eigenvalue weighted by Crippen LogP contribution is -2.44. The van der Waals surface area contributed by atoms with E-state index in [9.17, 15) is 4.79 Å². The van der Waals surface area contributed by atoms with Crippen molar-refractivity contribution in [2.24, 2.45) is 5.73 Å². The molecule has 0 spiro atoms. The minimum Gasteiger partial charge on any atom is -0.494 e. The van der Waals surface area contributed by atoms with Crippen LogP contribution in [0.2, 0.25) is 0 Å². The lowest BCUT2D eigenvalue weighted by atomic mass is 9.97. The third kappa shape index (κ3) is 6.63. The fourth-order valence-corrected chi connectivity index (χ4v) is 2.02. The Morgan fingerprint density at radius 3 is 2.48 bits per heavy atom. The topological polar surface area (TPSA) is 72.5 Å². The molecule has 1 rings (SSSR count). The largest absolute Gasteiger partial charge is 0.494 e. The number of carbonyl (C=O) groups is 1. The van der Waals surface area contributed by atoms with Crippen molar-refractivity contribution in [1.82, 2.24) is 0 Å². The van der Waals surface area contributed by atoms with Crippen molar-refractivity contribution in [2.45, 2.75) is 57.9 Å². The highest BCUT2D eigenvalue weighted by Gasteiger charge is 2.26. The number of rotatable bonds is 10. The van der Waals surface area contributed by atoms with Crippen LogP contribution in [0.5, 0.6) is 5.75 Å². The minimum atomic E-state index is -1.14. The van der Waals surface area contributed by atoms with E-state index >= 15 is 0 Å². The summed E-state index contributed by atoms with van der Waals surface area (Å²) < 4.78 is 5.65. The van der Waals surface area contributed by atoms with Gasteiger partial charge in [-0.25, -0.2) is 0 Å². The van der Waals surface area contributed by atoms with Crippen LogP contribution in [-0.4, -0.2) is 23.2 Å². The van der Waals surface area contributed by atoms with Gasteiger partial charge >= 0.3 is 5.97 Å². The molecule has 0 saturated carbocycles. The summed E-state index contributed by atoms with van der Waals surface area (Å²) in [6, 6.07) is 8.20. The fourth-order valence-electron chi connectivity index (χ4n) is 2.02. The van der Waals surface area contributed by atoms with E-state index in [1.54, 1.807) is 6.92 Å². The molecule has 0 aliphatic carbocycles. The molecule has 21 heavy (non-hydrogen) atoms. The van der Waals surface area contributed by atoms with E-state index in [0.717, 1.165) is 25.0 Å². The monoisotopic (exact) mass is 293 g/mol. The lowest BCUT2D eigenvalue weighted by molar-refractivity contribution is -0.142. The third-order valence-corrected chi connectivity index (χ3v) is 3.59. The van der Waals surface area contributed by atoms with Crippen molar-refractivity contribution < 1.29 is 14.6 Å². The number of aliphatic carboxylic acids is 1. The molecule has 3 N–H and O–H groups in total. The van der Waals surface area contributed by atoms with Gasteiger partial charge in [-0.1, -0.05) is 25.5 Å². The van der Waals surface area contributed by atoms with Gasteiger partial charge < -0.3 is 15.6 Å². The molecule has 0 saturated heterocycles. The summed E-state index contributed by atoms with van der Waals surface area (Å²) in [5, 5.41) is 8.91. The molecule has 0 aromatic heterocycles. The van der Waals surface area contributed by atoms with E-state index in [1.165, 1.54) is 18.4 Å². The van der Waals surface area contributed by atoms with Gasteiger partial charge in [0.25, 0.3) is 0 Å². The van der Waals surface area contributed by atoms with Crippen LogP contribution >= 0.6 is 0 Å². The van der Waals surface area contributed by atoms with Crippen molar-refractivity contribution in [3.8, 4) is 5.75 Å². The Kier molecular flexibility index (Phi) is 7.23. The molecular weight excluding hydrogens is 266 g/mol. The summed E-state index contributed by atoms with van der Waals surface area (Å²) in [7, 11) is 0. The highest BCUT2D eigenvalue weighted by Crippen LogP contribution is 2.15. The van der Waals surface area contributed by atoms with E-state index in [2.05, 4.69) is 19.1 Å². The number of carboxylic acids is 1. The van der Waals surface area contributed by atoms with Crippen LogP contribution < -0.4 is 10.5 Å². The van der Waals surface area contributed by atoms with E-state index in [-0.39, 0.29) is 0 Å². The average molecular weight is 293 g/mol. The molecule has 1 unspecified atom stereocenters. The first-order chi connectivity index (χ1) is 9.95. The maximum Gasteiger partial charge on any atom is 0.323 e. The maximum atomic E-state index is 10.9. The number of nitrogens with two attached hydrogens (primary N) is 1. The van der Waals surface area contributed by atoms with Crippen LogP contribution in [0, 0.1) is 0 Å². The van der Waals surface area contributed by atoms with Crippen molar-refractivity contribution in [3.63, 3.8) is 0 Å². The fraction of sp³-hybridized carbons (Fsp3) is 0.588. The second kappa shape index (κ2) is 8.67. The number of hydrogen-bond acceptors (Lipinski definition) is 3. The quantitative estimate of drug-likeness (QED) is 0.649. The van der Waals surface area contributed by atoms with Gasteiger partial charge in [-0.3, -0.25) is 4.79 Å². The molecule has 0 radical (unpaired) electrons. The second-order valence-corrected chi connectivity index (χ2v) is 5.78. The average Bonchev–Trinajstić information content (AvgIpc) is 2.45. The first-order valence-electron chi connectivity index (χ1n) is 7.69. The van der Waals surface area contributed by atoms with Gasteiger partial charge in [0.05, 0.1) is 6.61 Å². The summed E-state index contributed by atoms with van der Waals surface area (Å²) in [6.45, 7) is 4.32. The molecule has 0 aliphatic heterocycles. The summed E-state index contributed by atoms with van der Waals surface area (Å²) >= 11 is 0. The zero-order valence-corrected chi connectivity index (χ0v) is 13.1. The van der Waals surface area contributed by atoms with Crippen molar-refractivity contribution in [3.05, 3.63) is 29.8 Å². The van der Waals surface area contributed by atoms with Crippen LogP contribution in [0.3, 0.4) is 0 Å². The highest BCUT2D eigenvalue weighted by atomic mass is 16.5. The molecule has 0 aliphatic rings. The molecular formula is C17H27NO3. The van der Waals surface area contributed by atoms with Crippen LogP contribution in [0.4, 0.5) is 0 Å². The predicted molar refractivity (Wildman–Crippen MR) is 84.6 cm³/mol. The molecule has 1 aromatic carbocycles. The maximum absolute atomic E-state index is 10.9. The molecule has 0 heterocycles.